The molecule has 14 heteroatoms. The highest BCUT2D eigenvalue weighted by atomic mass is 32.2. The van der Waals surface area contributed by atoms with Gasteiger partial charge in [-0.1, -0.05) is 69.3 Å². The van der Waals surface area contributed by atoms with Gasteiger partial charge in [0.05, 0.1) is 11.8 Å². The molecule has 4 amide bonds. The lowest BCUT2D eigenvalue weighted by Gasteiger charge is -2.36. The molecule has 3 aliphatic carbocycles. The number of alkyl carbamates (subject to hydrolysis) is 1. The van der Waals surface area contributed by atoms with Gasteiger partial charge in [0.25, 0.3) is 5.91 Å². The number of benzene rings is 2. The van der Waals surface area contributed by atoms with Crippen LogP contribution in [0, 0.1) is 17.2 Å². The molecule has 0 spiro atoms. The maximum atomic E-state index is 14.7. The van der Waals surface area contributed by atoms with Crippen LogP contribution in [0.3, 0.4) is 0 Å². The van der Waals surface area contributed by atoms with Gasteiger partial charge in [-0.2, -0.15) is 0 Å². The molecule has 1 heterocycles. The Hall–Kier alpha value is -4.30. The molecule has 1 saturated heterocycles. The summed E-state index contributed by atoms with van der Waals surface area (Å²) in [6, 6.07) is 11.1. The van der Waals surface area contributed by atoms with Gasteiger partial charge in [-0.15, -0.1) is 6.58 Å². The first kappa shape index (κ1) is 38.4. The van der Waals surface area contributed by atoms with Gasteiger partial charge in [0, 0.05) is 25.0 Å². The second-order valence-electron chi connectivity index (χ2n) is 15.9. The maximum Gasteiger partial charge on any atom is 0.408 e. The van der Waals surface area contributed by atoms with Gasteiger partial charge in [-0.25, -0.2) is 17.6 Å². The van der Waals surface area contributed by atoms with E-state index in [1.54, 1.807) is 63.2 Å². The van der Waals surface area contributed by atoms with Gasteiger partial charge in [0.1, 0.15) is 35.1 Å². The van der Waals surface area contributed by atoms with E-state index in [4.69, 9.17) is 9.47 Å². The first-order chi connectivity index (χ1) is 25.0. The zero-order valence-corrected chi connectivity index (χ0v) is 31.5. The standard InChI is InChI=1S/C39H49FN4O8S/c1-6-25-21-39(25,35(47)43-53(49,50)28-19-20-28)42-33(45)31-22-38(51-5,26-17-15-24(16-18-26)29-13-9-10-14-30(29)40)23-44(31)34(46)32(37(2,3)4)41-36(48)52-27-11-7-8-12-27/h6,9-10,13-18,25,27-28,31-32H,1,7-8,11-12,19-23H2,2-5H3,(H,41,48)(H,42,45)(H,43,47)/t25-,31+,32-,38+,39-/m1/s1. The van der Waals surface area contributed by atoms with Gasteiger partial charge < -0.3 is 25.0 Å². The monoisotopic (exact) mass is 752 g/mol. The minimum absolute atomic E-state index is 0.0413. The van der Waals surface area contributed by atoms with Crippen LogP contribution in [0.2, 0.25) is 0 Å². The highest BCUT2D eigenvalue weighted by molar-refractivity contribution is 7.91. The molecule has 53 heavy (non-hydrogen) atoms. The molecule has 3 N–H and O–H groups in total. The number of hydrogen-bond donors (Lipinski definition) is 3. The predicted molar refractivity (Wildman–Crippen MR) is 195 cm³/mol. The summed E-state index contributed by atoms with van der Waals surface area (Å²) in [5.41, 5.74) is -1.99. The molecule has 0 unspecified atom stereocenters. The Morgan fingerprint density at radius 3 is 2.23 bits per heavy atom. The van der Waals surface area contributed by atoms with Crippen molar-refractivity contribution in [3.8, 4) is 11.1 Å². The summed E-state index contributed by atoms with van der Waals surface area (Å²) in [5, 5.41) is 4.92. The fourth-order valence-corrected chi connectivity index (χ4v) is 8.97. The molecule has 0 bridgehead atoms. The Kier molecular flexibility index (Phi) is 10.5. The van der Waals surface area contributed by atoms with Crippen LogP contribution in [0.1, 0.15) is 77.7 Å². The Balaban J connectivity index is 1.32. The Bertz CT molecular complexity index is 1870. The Morgan fingerprint density at radius 2 is 1.66 bits per heavy atom. The first-order valence-corrected chi connectivity index (χ1v) is 19.8. The smallest absolute Gasteiger partial charge is 0.408 e. The molecule has 4 fully saturated rings. The van der Waals surface area contributed by atoms with Crippen molar-refractivity contribution in [2.24, 2.45) is 11.3 Å². The number of nitrogens with zero attached hydrogens (tertiary/aromatic N) is 1. The molecule has 0 aromatic heterocycles. The van der Waals surface area contributed by atoms with Gasteiger partial charge in [0.15, 0.2) is 0 Å². The highest BCUT2D eigenvalue weighted by Crippen LogP contribution is 2.47. The zero-order valence-electron chi connectivity index (χ0n) is 30.7. The molecule has 5 atom stereocenters. The molecule has 2 aromatic rings. The van der Waals surface area contributed by atoms with E-state index in [0.29, 0.717) is 29.5 Å². The van der Waals surface area contributed by atoms with Crippen molar-refractivity contribution in [1.82, 2.24) is 20.3 Å². The second-order valence-corrected chi connectivity index (χ2v) is 17.8. The van der Waals surface area contributed by atoms with Crippen LogP contribution >= 0.6 is 0 Å². The fourth-order valence-electron chi connectivity index (χ4n) is 7.60. The van der Waals surface area contributed by atoms with E-state index in [0.717, 1.165) is 25.7 Å². The van der Waals surface area contributed by atoms with Crippen molar-refractivity contribution >= 4 is 33.8 Å². The van der Waals surface area contributed by atoms with Crippen LogP contribution in [0.15, 0.2) is 61.2 Å². The van der Waals surface area contributed by atoms with E-state index in [2.05, 4.69) is 21.9 Å². The molecule has 0 radical (unpaired) electrons. The molecule has 3 saturated carbocycles. The van der Waals surface area contributed by atoms with Crippen LogP contribution < -0.4 is 15.4 Å². The molecule has 12 nitrogen and oxygen atoms in total. The van der Waals surface area contributed by atoms with E-state index in [9.17, 15) is 32.0 Å². The van der Waals surface area contributed by atoms with E-state index in [-0.39, 0.29) is 31.3 Å². The summed E-state index contributed by atoms with van der Waals surface area (Å²) in [6.07, 6.45) is 4.88. The summed E-state index contributed by atoms with van der Waals surface area (Å²) < 4.78 is 54.0. The lowest BCUT2D eigenvalue weighted by Crippen LogP contribution is -2.60. The second kappa shape index (κ2) is 14.5. The number of sulfonamides is 1. The number of carbonyl (C=O) groups excluding carboxylic acids is 4. The van der Waals surface area contributed by atoms with Crippen LogP contribution in [-0.2, 0) is 39.5 Å². The molecule has 2 aromatic carbocycles. The van der Waals surface area contributed by atoms with Crippen LogP contribution in [0.25, 0.3) is 11.1 Å². The van der Waals surface area contributed by atoms with Crippen LogP contribution in [0.4, 0.5) is 9.18 Å². The summed E-state index contributed by atoms with van der Waals surface area (Å²) in [7, 11) is -2.45. The third kappa shape index (κ3) is 7.84. The maximum absolute atomic E-state index is 14.7. The average molecular weight is 753 g/mol. The zero-order chi connectivity index (χ0) is 38.3. The number of ether oxygens (including phenoxy) is 2. The van der Waals surface area contributed by atoms with E-state index in [1.165, 1.54) is 24.2 Å². The Labute approximate surface area is 310 Å². The number of likely N-dealkylation sites (tertiary alicyclic amines) is 1. The normalized spacial score (nSPS) is 26.4. The number of rotatable bonds is 12. The molecule has 286 valence electrons. The third-order valence-electron chi connectivity index (χ3n) is 11.1. The van der Waals surface area contributed by atoms with E-state index < -0.39 is 73.6 Å². The molecule has 6 rings (SSSR count). The van der Waals surface area contributed by atoms with Crippen molar-refractivity contribution in [2.45, 2.75) is 107 Å². The van der Waals surface area contributed by atoms with Crippen molar-refractivity contribution in [3.05, 3.63) is 72.6 Å². The summed E-state index contributed by atoms with van der Waals surface area (Å²) >= 11 is 0. The van der Waals surface area contributed by atoms with Crippen LogP contribution in [-0.4, -0.2) is 79.8 Å². The number of hydrogen-bond acceptors (Lipinski definition) is 8. The summed E-state index contributed by atoms with van der Waals surface area (Å²) in [5.74, 6) is -3.04. The van der Waals surface area contributed by atoms with Gasteiger partial charge in [-0.05, 0) is 67.6 Å². The lowest BCUT2D eigenvalue weighted by atomic mass is 9.85. The van der Waals surface area contributed by atoms with Gasteiger partial charge >= 0.3 is 6.09 Å². The SMILES string of the molecule is C=C[C@@H]1C[C@]1(NC(=O)[C@@H]1C[C@@](OC)(c2ccc(-c3ccccc3F)cc2)CN1C(=O)[C@@H](NC(=O)OC1CCCC1)C(C)(C)C)C(=O)NS(=O)(=O)C1CC1. The number of nitrogens with one attached hydrogen (secondary N) is 3. The first-order valence-electron chi connectivity index (χ1n) is 18.2. The largest absolute Gasteiger partial charge is 0.446 e. The molecular weight excluding hydrogens is 704 g/mol. The Morgan fingerprint density at radius 1 is 1.00 bits per heavy atom. The van der Waals surface area contributed by atoms with Crippen LogP contribution in [0.5, 0.6) is 0 Å². The number of methoxy groups -OCH3 is 1. The number of carbonyl (C=O) groups is 4. The average Bonchev–Trinajstić information content (AvgIpc) is 4.00. The van der Waals surface area contributed by atoms with Crippen molar-refractivity contribution in [3.63, 3.8) is 0 Å². The minimum atomic E-state index is -3.92. The number of halogens is 1. The van der Waals surface area contributed by atoms with Crippen molar-refractivity contribution in [2.75, 3.05) is 13.7 Å². The number of amides is 4. The summed E-state index contributed by atoms with van der Waals surface area (Å²) in [4.78, 5) is 57.2. The van der Waals surface area contributed by atoms with E-state index >= 15 is 0 Å². The minimum Gasteiger partial charge on any atom is -0.446 e. The fraction of sp³-hybridized carbons (Fsp3) is 0.538. The predicted octanol–water partition coefficient (Wildman–Crippen LogP) is 4.69. The third-order valence-corrected chi connectivity index (χ3v) is 12.9. The molecular formula is C39H49FN4O8S. The highest BCUT2D eigenvalue weighted by Gasteiger charge is 2.62. The lowest BCUT2D eigenvalue weighted by molar-refractivity contribution is -0.143. The topological polar surface area (TPSA) is 160 Å². The van der Waals surface area contributed by atoms with Crippen molar-refractivity contribution in [1.29, 1.82) is 0 Å². The molecule has 4 aliphatic rings. The van der Waals surface area contributed by atoms with Crippen molar-refractivity contribution < 1.29 is 41.5 Å². The van der Waals surface area contributed by atoms with E-state index in [1.807, 2.05) is 0 Å². The van der Waals surface area contributed by atoms with Gasteiger partial charge in [0.2, 0.25) is 21.8 Å². The quantitative estimate of drug-likeness (QED) is 0.264. The molecule has 1 aliphatic heterocycles. The summed E-state index contributed by atoms with van der Waals surface area (Å²) in [6.45, 7) is 9.05. The van der Waals surface area contributed by atoms with Gasteiger partial charge in [-0.3, -0.25) is 19.1 Å².